The number of hydrogen-bond acceptors (Lipinski definition) is 3. The van der Waals surface area contributed by atoms with Gasteiger partial charge in [-0.1, -0.05) is 19.3 Å². The van der Waals surface area contributed by atoms with E-state index in [1.165, 1.54) is 32.1 Å². The molecule has 1 aliphatic carbocycles. The Morgan fingerprint density at radius 1 is 1.19 bits per heavy atom. The largest absolute Gasteiger partial charge is 0.336 e. The number of carbonyl (C=O) groups is 1. The van der Waals surface area contributed by atoms with Crippen LogP contribution >= 0.6 is 0 Å². The van der Waals surface area contributed by atoms with Crippen molar-refractivity contribution in [1.82, 2.24) is 19.6 Å². The van der Waals surface area contributed by atoms with Crippen LogP contribution in [0.1, 0.15) is 49.4 Å². The molecule has 0 bridgehead atoms. The molecule has 5 heteroatoms. The Kier molecular flexibility index (Phi) is 4.58. The fourth-order valence-corrected chi connectivity index (χ4v) is 3.57. The summed E-state index contributed by atoms with van der Waals surface area (Å²) in [6.45, 7) is 6.60. The van der Waals surface area contributed by atoms with Gasteiger partial charge in [0.2, 0.25) is 0 Å². The van der Waals surface area contributed by atoms with Crippen molar-refractivity contribution >= 4 is 5.91 Å². The lowest BCUT2D eigenvalue weighted by atomic mass is 9.94. The molecule has 1 amide bonds. The number of aromatic nitrogens is 2. The summed E-state index contributed by atoms with van der Waals surface area (Å²) in [5, 5.41) is 4.20. The van der Waals surface area contributed by atoms with Crippen molar-refractivity contribution < 1.29 is 4.79 Å². The third kappa shape index (κ3) is 3.28. The van der Waals surface area contributed by atoms with Gasteiger partial charge in [0.25, 0.3) is 5.91 Å². The third-order valence-corrected chi connectivity index (χ3v) is 4.90. The predicted octanol–water partition coefficient (Wildman–Crippen LogP) is 1.99. The number of amides is 1. The Labute approximate surface area is 126 Å². The first-order valence-electron chi connectivity index (χ1n) is 8.33. The fourth-order valence-electron chi connectivity index (χ4n) is 3.57. The number of rotatable bonds is 3. The van der Waals surface area contributed by atoms with Crippen molar-refractivity contribution in [2.75, 3.05) is 26.2 Å². The smallest absolute Gasteiger partial charge is 0.257 e. The van der Waals surface area contributed by atoms with Gasteiger partial charge in [-0.05, 0) is 19.8 Å². The Hall–Kier alpha value is -1.36. The molecule has 0 spiro atoms. The summed E-state index contributed by atoms with van der Waals surface area (Å²) < 4.78 is 1.81. The second kappa shape index (κ2) is 6.60. The quantitative estimate of drug-likeness (QED) is 0.855. The zero-order valence-electron chi connectivity index (χ0n) is 13.0. The van der Waals surface area contributed by atoms with E-state index in [9.17, 15) is 4.79 Å². The minimum Gasteiger partial charge on any atom is -0.336 e. The first-order chi connectivity index (χ1) is 10.3. The second-order valence-corrected chi connectivity index (χ2v) is 6.20. The topological polar surface area (TPSA) is 41.4 Å². The van der Waals surface area contributed by atoms with Crippen molar-refractivity contribution in [2.45, 2.75) is 51.6 Å². The molecule has 3 rings (SSSR count). The highest BCUT2D eigenvalue weighted by molar-refractivity contribution is 5.93. The standard InChI is InChI=1S/C16H26N4O/c1-2-20-13-14(12-17-20)16(21)19-10-8-18(9-11-19)15-6-4-3-5-7-15/h12-13,15H,2-11H2,1H3. The van der Waals surface area contributed by atoms with Crippen LogP contribution < -0.4 is 0 Å². The summed E-state index contributed by atoms with van der Waals surface area (Å²) in [6.07, 6.45) is 10.4. The van der Waals surface area contributed by atoms with Crippen LogP contribution in [0, 0.1) is 0 Å². The normalized spacial score (nSPS) is 21.7. The van der Waals surface area contributed by atoms with Crippen molar-refractivity contribution in [3.8, 4) is 0 Å². The minimum absolute atomic E-state index is 0.137. The van der Waals surface area contributed by atoms with E-state index in [0.29, 0.717) is 0 Å². The molecular formula is C16H26N4O. The zero-order chi connectivity index (χ0) is 14.7. The van der Waals surface area contributed by atoms with E-state index in [4.69, 9.17) is 0 Å². The Morgan fingerprint density at radius 3 is 2.52 bits per heavy atom. The van der Waals surface area contributed by atoms with Crippen LogP contribution in [0.5, 0.6) is 0 Å². The second-order valence-electron chi connectivity index (χ2n) is 6.20. The monoisotopic (exact) mass is 290 g/mol. The van der Waals surface area contributed by atoms with Gasteiger partial charge in [-0.2, -0.15) is 5.10 Å². The molecule has 116 valence electrons. The summed E-state index contributed by atoms with van der Waals surface area (Å²) in [5.41, 5.74) is 0.725. The molecule has 1 aliphatic heterocycles. The fraction of sp³-hybridized carbons (Fsp3) is 0.750. The molecule has 0 unspecified atom stereocenters. The van der Waals surface area contributed by atoms with Gasteiger partial charge in [0.15, 0.2) is 0 Å². The average molecular weight is 290 g/mol. The lowest BCUT2D eigenvalue weighted by molar-refractivity contribution is 0.0523. The molecule has 0 radical (unpaired) electrons. The third-order valence-electron chi connectivity index (χ3n) is 4.90. The average Bonchev–Trinajstić information content (AvgIpc) is 3.04. The molecule has 2 heterocycles. The molecule has 5 nitrogen and oxygen atoms in total. The van der Waals surface area contributed by atoms with Crippen LogP contribution in [0.15, 0.2) is 12.4 Å². The molecule has 0 atom stereocenters. The van der Waals surface area contributed by atoms with E-state index >= 15 is 0 Å². The molecule has 0 aromatic carbocycles. The van der Waals surface area contributed by atoms with Gasteiger partial charge in [0.1, 0.15) is 0 Å². The molecule has 21 heavy (non-hydrogen) atoms. The summed E-state index contributed by atoms with van der Waals surface area (Å²) in [5.74, 6) is 0.137. The van der Waals surface area contributed by atoms with Crippen molar-refractivity contribution in [2.24, 2.45) is 0 Å². The predicted molar refractivity (Wildman–Crippen MR) is 82.3 cm³/mol. The van der Waals surface area contributed by atoms with E-state index < -0.39 is 0 Å². The molecule has 2 aliphatic rings. The van der Waals surface area contributed by atoms with E-state index in [1.54, 1.807) is 6.20 Å². The zero-order valence-corrected chi connectivity index (χ0v) is 13.0. The van der Waals surface area contributed by atoms with Gasteiger partial charge in [-0.15, -0.1) is 0 Å². The van der Waals surface area contributed by atoms with Crippen molar-refractivity contribution in [3.05, 3.63) is 18.0 Å². The Bertz CT molecular complexity index is 470. The molecule has 1 aromatic rings. The molecule has 2 fully saturated rings. The molecule has 1 saturated carbocycles. The van der Waals surface area contributed by atoms with Gasteiger partial charge < -0.3 is 4.90 Å². The summed E-state index contributed by atoms with van der Waals surface area (Å²) in [7, 11) is 0. The maximum Gasteiger partial charge on any atom is 0.257 e. The van der Waals surface area contributed by atoms with Crippen LogP contribution in [0.25, 0.3) is 0 Å². The van der Waals surface area contributed by atoms with E-state index in [1.807, 2.05) is 22.7 Å². The van der Waals surface area contributed by atoms with Gasteiger partial charge in [-0.25, -0.2) is 0 Å². The number of carbonyl (C=O) groups excluding carboxylic acids is 1. The number of aryl methyl sites for hydroxylation is 1. The van der Waals surface area contributed by atoms with Crippen LogP contribution in [0.4, 0.5) is 0 Å². The first-order valence-corrected chi connectivity index (χ1v) is 8.33. The highest BCUT2D eigenvalue weighted by atomic mass is 16.2. The Balaban J connectivity index is 1.53. The van der Waals surface area contributed by atoms with Gasteiger partial charge in [-0.3, -0.25) is 14.4 Å². The summed E-state index contributed by atoms with van der Waals surface area (Å²) in [6, 6.07) is 0.763. The molecular weight excluding hydrogens is 264 g/mol. The van der Waals surface area contributed by atoms with E-state index in [0.717, 1.165) is 44.3 Å². The maximum atomic E-state index is 12.5. The maximum absolute atomic E-state index is 12.5. The van der Waals surface area contributed by atoms with Gasteiger partial charge >= 0.3 is 0 Å². The van der Waals surface area contributed by atoms with Crippen LogP contribution in [-0.4, -0.2) is 57.7 Å². The molecule has 1 saturated heterocycles. The number of nitrogens with zero attached hydrogens (tertiary/aromatic N) is 4. The molecule has 1 aromatic heterocycles. The van der Waals surface area contributed by atoms with Crippen molar-refractivity contribution in [3.63, 3.8) is 0 Å². The van der Waals surface area contributed by atoms with Crippen molar-refractivity contribution in [1.29, 1.82) is 0 Å². The van der Waals surface area contributed by atoms with Gasteiger partial charge in [0.05, 0.1) is 11.8 Å². The van der Waals surface area contributed by atoms with Crippen LogP contribution in [-0.2, 0) is 6.54 Å². The first kappa shape index (κ1) is 14.6. The number of piperazine rings is 1. The lowest BCUT2D eigenvalue weighted by Gasteiger charge is -2.40. The minimum atomic E-state index is 0.137. The molecule has 0 N–H and O–H groups in total. The summed E-state index contributed by atoms with van der Waals surface area (Å²) >= 11 is 0. The summed E-state index contributed by atoms with van der Waals surface area (Å²) in [4.78, 5) is 17.0. The highest BCUT2D eigenvalue weighted by Crippen LogP contribution is 2.23. The SMILES string of the molecule is CCn1cc(C(=O)N2CCN(C3CCCCC3)CC2)cn1. The highest BCUT2D eigenvalue weighted by Gasteiger charge is 2.27. The van der Waals surface area contributed by atoms with Crippen LogP contribution in [0.3, 0.4) is 0 Å². The number of hydrogen-bond donors (Lipinski definition) is 0. The van der Waals surface area contributed by atoms with Gasteiger partial charge in [0, 0.05) is 45.0 Å². The van der Waals surface area contributed by atoms with Crippen LogP contribution in [0.2, 0.25) is 0 Å². The van der Waals surface area contributed by atoms with E-state index in [2.05, 4.69) is 10.00 Å². The Morgan fingerprint density at radius 2 is 1.90 bits per heavy atom. The lowest BCUT2D eigenvalue weighted by Crippen LogP contribution is -2.52. The van der Waals surface area contributed by atoms with E-state index in [-0.39, 0.29) is 5.91 Å².